The van der Waals surface area contributed by atoms with E-state index in [-0.39, 0.29) is 28.3 Å². The number of nitrogens with two attached hydrogens (primary N) is 2. The second kappa shape index (κ2) is 29.8. The predicted molar refractivity (Wildman–Crippen MR) is 276 cm³/mol. The summed E-state index contributed by atoms with van der Waals surface area (Å²) in [5, 5.41) is 54.4. The van der Waals surface area contributed by atoms with E-state index in [9.17, 15) is 68.2 Å². The van der Waals surface area contributed by atoms with Gasteiger partial charge in [0.1, 0.15) is 36.6 Å². The first-order valence-corrected chi connectivity index (χ1v) is 31.1. The predicted octanol–water partition coefficient (Wildman–Crippen LogP) is -0.495. The third-order valence-electron chi connectivity index (χ3n) is 12.1. The van der Waals surface area contributed by atoms with Crippen LogP contribution >= 0.6 is 30.8 Å². The number of nitrogens with zero attached hydrogens (tertiary/aromatic N) is 10. The molecular formula is C40H77N13O20P4. The molecule has 12 atom stereocenters. The van der Waals surface area contributed by atoms with Crippen molar-refractivity contribution in [3.05, 3.63) is 23.0 Å². The third kappa shape index (κ3) is 19.1. The van der Waals surface area contributed by atoms with Crippen LogP contribution < -0.4 is 26.7 Å². The summed E-state index contributed by atoms with van der Waals surface area (Å²) >= 11 is 0. The Labute approximate surface area is 444 Å². The standard InChI is InChI=1S/C22H32N10O20P4.3C6H15N/c1-30-5-32(16-10(30)18(38)29-22(24)27-16)20-14(36)11(33)7(50-20)2-47-53(39,40)6-54(41,42)51-56(45,46)52-55(43,44)48-3-8-12(34)13(35)19(49-8)31-4-25-9-15(31)26-21(23)28-17(9)37;3*1-4-7(5-2)6-3/h4-5,7-8,11-14,19-20,33-36H,2-3,6H2,1H3,(H9-,23,24,26,27,28,29,37,38,39,40,41,42,43,44,45,46);3*4-6H2,1-3H3/t7-,8-,11-,12-,13-,14-,19-,20-;;;/m1.../s1. The number of hydrogen-bond acceptors (Lipinski definition) is 25. The molecule has 0 amide bonds. The van der Waals surface area contributed by atoms with Crippen molar-refractivity contribution in [2.24, 2.45) is 7.05 Å². The van der Waals surface area contributed by atoms with E-state index in [1.165, 1.54) is 76.8 Å². The summed E-state index contributed by atoms with van der Waals surface area (Å²) in [7, 11) is -21.6. The van der Waals surface area contributed by atoms with Crippen molar-refractivity contribution in [2.45, 2.75) is 111 Å². The van der Waals surface area contributed by atoms with Gasteiger partial charge in [-0.05, 0) is 58.9 Å². The van der Waals surface area contributed by atoms with Crippen molar-refractivity contribution in [2.75, 3.05) is 89.5 Å². The van der Waals surface area contributed by atoms with Gasteiger partial charge in [-0.2, -0.15) is 9.29 Å². The highest BCUT2D eigenvalue weighted by Crippen LogP contribution is 2.70. The lowest BCUT2D eigenvalue weighted by atomic mass is 10.1. The van der Waals surface area contributed by atoms with Crippen molar-refractivity contribution < 1.29 is 95.1 Å². The minimum Gasteiger partial charge on any atom is -0.856 e. The summed E-state index contributed by atoms with van der Waals surface area (Å²) < 4.78 is 81.9. The number of anilines is 2. The zero-order chi connectivity index (χ0) is 58.4. The number of aliphatic hydroxyl groups excluding tert-OH is 4. The minimum atomic E-state index is -6.13. The van der Waals surface area contributed by atoms with Crippen LogP contribution in [0.3, 0.4) is 0 Å². The maximum absolute atomic E-state index is 12.7. The fraction of sp³-hybridized carbons (Fsp3) is 0.750. The van der Waals surface area contributed by atoms with E-state index in [1.54, 1.807) is 0 Å². The van der Waals surface area contributed by atoms with Gasteiger partial charge in [-0.3, -0.25) is 32.6 Å². The summed E-state index contributed by atoms with van der Waals surface area (Å²) in [6.07, 6.45) is -11.3. The molecule has 37 heteroatoms. The highest BCUT2D eigenvalue weighted by molar-refractivity contribution is 7.75. The number of ether oxygens (including phenoxy) is 2. The van der Waals surface area contributed by atoms with Gasteiger partial charge in [-0.1, -0.05) is 67.3 Å². The van der Waals surface area contributed by atoms with E-state index in [4.69, 9.17) is 25.5 Å². The summed E-state index contributed by atoms with van der Waals surface area (Å²) in [5.41, 5.74) is 9.77. The van der Waals surface area contributed by atoms with Gasteiger partial charge in [-0.25, -0.2) is 28.0 Å². The average molecular weight is 1180 g/mol. The Balaban J connectivity index is 0.000000624. The van der Waals surface area contributed by atoms with Gasteiger partial charge in [0.05, 0.1) is 26.6 Å². The highest BCUT2D eigenvalue weighted by atomic mass is 31.3. The number of fused-ring (bicyclic) bond motifs is 2. The molecule has 13 N–H and O–H groups in total. The summed E-state index contributed by atoms with van der Waals surface area (Å²) in [4.78, 5) is 76.8. The van der Waals surface area contributed by atoms with Crippen molar-refractivity contribution in [1.29, 1.82) is 0 Å². The van der Waals surface area contributed by atoms with Gasteiger partial charge in [0.2, 0.25) is 12.2 Å². The Hall–Kier alpha value is -3.46. The molecule has 6 heterocycles. The Bertz CT molecular complexity index is 2700. The van der Waals surface area contributed by atoms with Crippen molar-refractivity contribution >= 4 is 65.1 Å². The molecule has 6 rings (SSSR count). The van der Waals surface area contributed by atoms with Gasteiger partial charge in [0, 0.05) is 5.88 Å². The molecule has 0 radical (unpaired) electrons. The first-order chi connectivity index (χ1) is 35.9. The number of phosphoric ester groups is 1. The number of imidazole rings is 2. The molecule has 4 aromatic rings. The van der Waals surface area contributed by atoms with Gasteiger partial charge in [0.25, 0.3) is 11.5 Å². The highest BCUT2D eigenvalue weighted by Gasteiger charge is 2.50. The first kappa shape index (κ1) is 67.8. The first-order valence-electron chi connectivity index (χ1n) is 24.6. The van der Waals surface area contributed by atoms with E-state index < -0.39 is 116 Å². The van der Waals surface area contributed by atoms with Gasteiger partial charge < -0.3 is 85.3 Å². The number of rotatable bonds is 23. The number of aromatic amines is 1. The van der Waals surface area contributed by atoms with Gasteiger partial charge >= 0.3 is 36.5 Å². The van der Waals surface area contributed by atoms with Crippen molar-refractivity contribution in [3.63, 3.8) is 0 Å². The van der Waals surface area contributed by atoms with Crippen LogP contribution in [-0.2, 0) is 52.5 Å². The summed E-state index contributed by atoms with van der Waals surface area (Å²) in [6.45, 7) is 28.2. The number of phosphoric acid groups is 2. The van der Waals surface area contributed by atoms with Crippen molar-refractivity contribution in [1.82, 2.24) is 48.8 Å². The van der Waals surface area contributed by atoms with E-state index >= 15 is 0 Å². The molecule has 2 saturated heterocycles. The maximum atomic E-state index is 12.7. The van der Waals surface area contributed by atoms with E-state index in [0.29, 0.717) is 0 Å². The molecule has 0 saturated carbocycles. The number of nitrogens with one attached hydrogen (secondary N) is 1. The molecule has 4 aromatic heterocycles. The molecule has 442 valence electrons. The Morgan fingerprint density at radius 3 is 1.70 bits per heavy atom. The normalized spacial score (nSPS) is 24.6. The zero-order valence-electron chi connectivity index (χ0n) is 44.7. The molecule has 4 unspecified atom stereocenters. The van der Waals surface area contributed by atoms with E-state index in [1.807, 2.05) is 0 Å². The molecule has 0 aromatic carbocycles. The molecule has 33 nitrogen and oxygen atoms in total. The SMILES string of the molecule is CCN(CC)CC.CCN(CC)CC.CCN(CC)CC.Cn1c[n+]([C@@H]2O[C@H](COP(=O)(O)CP(=O)(O)OP(=O)(O)OP(=O)(O)OC[C@H]3O[C@@H](n4cnc5c(=O)[nH]c(N)nc54)[C@H](O)[C@@H]3O)[C@@H](O)[C@H]2O)c2nc(N)nc([O-])c21. The number of hydrogen-bond donors (Lipinski definition) is 11. The average Bonchev–Trinajstić information content (AvgIpc) is 4.07. The molecule has 77 heavy (non-hydrogen) atoms. The van der Waals surface area contributed by atoms with Crippen LogP contribution in [0.25, 0.3) is 22.3 Å². The summed E-state index contributed by atoms with van der Waals surface area (Å²) in [5.74, 6) is -3.45. The topological polar surface area (TPSA) is 468 Å². The number of H-pyrrole nitrogens is 1. The number of nitrogen functional groups attached to an aromatic ring is 2. The van der Waals surface area contributed by atoms with Crippen LogP contribution in [0.15, 0.2) is 17.4 Å². The van der Waals surface area contributed by atoms with Crippen LogP contribution in [0.2, 0.25) is 0 Å². The largest absolute Gasteiger partial charge is 0.856 e. The zero-order valence-corrected chi connectivity index (χ0v) is 48.2. The molecular weight excluding hydrogens is 1110 g/mol. The molecule has 0 bridgehead atoms. The molecule has 0 spiro atoms. The molecule has 2 aliphatic heterocycles. The van der Waals surface area contributed by atoms with E-state index in [2.05, 4.69) is 115 Å². The smallest absolute Gasteiger partial charge is 0.488 e. The van der Waals surface area contributed by atoms with Gasteiger partial charge in [-0.15, -0.1) is 0 Å². The Kier molecular flexibility index (Phi) is 26.3. The second-order valence-corrected chi connectivity index (χ2v) is 24.4. The van der Waals surface area contributed by atoms with Crippen LogP contribution in [0, 0.1) is 0 Å². The van der Waals surface area contributed by atoms with Crippen LogP contribution in [0.4, 0.5) is 11.9 Å². The fourth-order valence-electron chi connectivity index (χ4n) is 7.73. The lowest BCUT2D eigenvalue weighted by molar-refractivity contribution is -0.745. The fourth-order valence-corrected chi connectivity index (χ4v) is 14.2. The Morgan fingerprint density at radius 2 is 1.19 bits per heavy atom. The minimum absolute atomic E-state index is 0.0581. The van der Waals surface area contributed by atoms with Crippen LogP contribution in [0.1, 0.15) is 74.8 Å². The number of aliphatic hydroxyl groups is 4. The summed E-state index contributed by atoms with van der Waals surface area (Å²) in [6, 6.07) is 0. The maximum Gasteiger partial charge on any atom is 0.488 e. The third-order valence-corrected chi connectivity index (χ3v) is 19.5. The number of aryl methyl sites for hydroxylation is 1. The Morgan fingerprint density at radius 1 is 0.701 bits per heavy atom. The molecule has 0 aliphatic carbocycles. The lowest BCUT2D eigenvalue weighted by Gasteiger charge is -2.22. The number of aromatic nitrogens is 8. The molecule has 2 fully saturated rings. The van der Waals surface area contributed by atoms with Crippen LogP contribution in [-0.4, -0.2) is 203 Å². The quantitative estimate of drug-likeness (QED) is 0.0329. The van der Waals surface area contributed by atoms with E-state index in [0.717, 1.165) is 15.5 Å². The van der Waals surface area contributed by atoms with Crippen LogP contribution in [0.5, 0.6) is 5.88 Å². The molecule has 2 aliphatic rings. The van der Waals surface area contributed by atoms with Crippen molar-refractivity contribution in [3.8, 4) is 5.88 Å². The lowest BCUT2D eigenvalue weighted by Crippen LogP contribution is -2.46. The second-order valence-electron chi connectivity index (χ2n) is 17.0. The monoisotopic (exact) mass is 1180 g/mol. The van der Waals surface area contributed by atoms with Gasteiger partial charge in [0.15, 0.2) is 35.1 Å².